The number of amides is 2. The molecule has 3 rings (SSSR count). The first kappa shape index (κ1) is 21.4. The van der Waals surface area contributed by atoms with Gasteiger partial charge in [-0.25, -0.2) is 0 Å². The minimum atomic E-state index is -0.0650. The summed E-state index contributed by atoms with van der Waals surface area (Å²) in [5, 5.41) is 3.64. The molecule has 1 N–H and O–H groups in total. The summed E-state index contributed by atoms with van der Waals surface area (Å²) in [6.45, 7) is 8.11. The summed E-state index contributed by atoms with van der Waals surface area (Å²) < 4.78 is 0. The van der Waals surface area contributed by atoms with Crippen molar-refractivity contribution >= 4 is 23.4 Å². The SMILES string of the molecule is CC(C)(C)c1ccc(C(=O)N2CCC(C(=O)NCc3ccccc3Cl)CC2)cc1. The normalized spacial score (nSPS) is 15.2. The van der Waals surface area contributed by atoms with Crippen LogP contribution in [0.3, 0.4) is 0 Å². The van der Waals surface area contributed by atoms with Crippen LogP contribution in [0, 0.1) is 5.92 Å². The highest BCUT2D eigenvalue weighted by atomic mass is 35.5. The van der Waals surface area contributed by atoms with Crippen LogP contribution >= 0.6 is 11.6 Å². The Morgan fingerprint density at radius 1 is 1.03 bits per heavy atom. The second kappa shape index (κ2) is 9.00. The van der Waals surface area contributed by atoms with E-state index in [2.05, 4.69) is 26.1 Å². The van der Waals surface area contributed by atoms with Crippen LogP contribution in [0.5, 0.6) is 0 Å². The van der Waals surface area contributed by atoms with E-state index >= 15 is 0 Å². The van der Waals surface area contributed by atoms with Crippen molar-refractivity contribution in [2.75, 3.05) is 13.1 Å². The Balaban J connectivity index is 1.51. The summed E-state index contributed by atoms with van der Waals surface area (Å²) in [6.07, 6.45) is 1.36. The number of likely N-dealkylation sites (tertiary alicyclic amines) is 1. The fourth-order valence-electron chi connectivity index (χ4n) is 3.61. The zero-order valence-electron chi connectivity index (χ0n) is 17.4. The Bertz CT molecular complexity index is 863. The first-order chi connectivity index (χ1) is 13.8. The fraction of sp³-hybridized carbons (Fsp3) is 0.417. The maximum atomic E-state index is 12.8. The van der Waals surface area contributed by atoms with Crippen molar-refractivity contribution in [3.8, 4) is 0 Å². The number of nitrogens with one attached hydrogen (secondary N) is 1. The monoisotopic (exact) mass is 412 g/mol. The van der Waals surface area contributed by atoms with E-state index in [1.165, 1.54) is 5.56 Å². The van der Waals surface area contributed by atoms with E-state index in [4.69, 9.17) is 11.6 Å². The second-order valence-electron chi connectivity index (χ2n) is 8.70. The minimum Gasteiger partial charge on any atom is -0.352 e. The van der Waals surface area contributed by atoms with E-state index in [-0.39, 0.29) is 23.1 Å². The standard InChI is InChI=1S/C24H29ClN2O2/c1-24(2,3)20-10-8-18(9-11-20)23(29)27-14-12-17(13-15-27)22(28)26-16-19-6-4-5-7-21(19)25/h4-11,17H,12-16H2,1-3H3,(H,26,28). The Labute approximate surface area is 178 Å². The molecule has 154 valence electrons. The molecule has 4 nitrogen and oxygen atoms in total. The largest absolute Gasteiger partial charge is 0.352 e. The molecule has 29 heavy (non-hydrogen) atoms. The average molecular weight is 413 g/mol. The number of halogens is 1. The van der Waals surface area contributed by atoms with Crippen LogP contribution in [0.2, 0.25) is 5.02 Å². The van der Waals surface area contributed by atoms with Gasteiger partial charge in [0.15, 0.2) is 0 Å². The number of hydrogen-bond donors (Lipinski definition) is 1. The third kappa shape index (κ3) is 5.39. The molecule has 1 saturated heterocycles. The van der Waals surface area contributed by atoms with Gasteiger partial charge in [-0.15, -0.1) is 0 Å². The lowest BCUT2D eigenvalue weighted by Crippen LogP contribution is -2.43. The molecule has 0 radical (unpaired) electrons. The lowest BCUT2D eigenvalue weighted by Gasteiger charge is -2.31. The van der Waals surface area contributed by atoms with Crippen molar-refractivity contribution in [2.45, 2.75) is 45.6 Å². The topological polar surface area (TPSA) is 49.4 Å². The molecule has 0 spiro atoms. The van der Waals surface area contributed by atoms with Crippen LogP contribution in [0.15, 0.2) is 48.5 Å². The fourth-order valence-corrected chi connectivity index (χ4v) is 3.81. The number of carbonyl (C=O) groups is 2. The number of benzene rings is 2. The molecule has 1 aliphatic rings. The summed E-state index contributed by atoms with van der Waals surface area (Å²) >= 11 is 6.14. The number of hydrogen-bond acceptors (Lipinski definition) is 2. The van der Waals surface area contributed by atoms with Crippen molar-refractivity contribution in [3.05, 3.63) is 70.2 Å². The van der Waals surface area contributed by atoms with Gasteiger partial charge < -0.3 is 10.2 Å². The van der Waals surface area contributed by atoms with Gasteiger partial charge in [-0.05, 0) is 47.6 Å². The maximum absolute atomic E-state index is 12.8. The molecule has 0 unspecified atom stereocenters. The van der Waals surface area contributed by atoms with Crippen molar-refractivity contribution in [2.24, 2.45) is 5.92 Å². The van der Waals surface area contributed by atoms with E-state index in [0.29, 0.717) is 43.1 Å². The van der Waals surface area contributed by atoms with Crippen LogP contribution < -0.4 is 5.32 Å². The van der Waals surface area contributed by atoms with E-state index < -0.39 is 0 Å². The van der Waals surface area contributed by atoms with Crippen molar-refractivity contribution in [3.63, 3.8) is 0 Å². The molecule has 5 heteroatoms. The van der Waals surface area contributed by atoms with Crippen molar-refractivity contribution < 1.29 is 9.59 Å². The molecule has 0 aliphatic carbocycles. The molecule has 1 aliphatic heterocycles. The lowest BCUT2D eigenvalue weighted by atomic mass is 9.86. The van der Waals surface area contributed by atoms with Crippen LogP contribution in [0.1, 0.15) is 55.1 Å². The molecule has 0 bridgehead atoms. The Morgan fingerprint density at radius 3 is 2.24 bits per heavy atom. The molecular formula is C24H29ClN2O2. The first-order valence-electron chi connectivity index (χ1n) is 10.2. The summed E-state index contributed by atoms with van der Waals surface area (Å²) in [6, 6.07) is 15.4. The molecule has 0 aromatic heterocycles. The smallest absolute Gasteiger partial charge is 0.253 e. The van der Waals surface area contributed by atoms with Gasteiger partial charge in [-0.3, -0.25) is 9.59 Å². The molecule has 0 saturated carbocycles. The van der Waals surface area contributed by atoms with Gasteiger partial charge in [0.2, 0.25) is 5.91 Å². The van der Waals surface area contributed by atoms with Gasteiger partial charge >= 0.3 is 0 Å². The zero-order valence-corrected chi connectivity index (χ0v) is 18.1. The molecule has 2 aromatic carbocycles. The van der Waals surface area contributed by atoms with E-state index in [0.717, 1.165) is 5.56 Å². The summed E-state index contributed by atoms with van der Waals surface area (Å²) in [5.41, 5.74) is 2.90. The summed E-state index contributed by atoms with van der Waals surface area (Å²) in [7, 11) is 0. The number of rotatable bonds is 4. The Kier molecular flexibility index (Phi) is 6.63. The highest BCUT2D eigenvalue weighted by Crippen LogP contribution is 2.24. The van der Waals surface area contributed by atoms with E-state index in [9.17, 15) is 9.59 Å². The van der Waals surface area contributed by atoms with Gasteiger partial charge in [0.25, 0.3) is 5.91 Å². The molecule has 2 amide bonds. The second-order valence-corrected chi connectivity index (χ2v) is 9.11. The molecule has 2 aromatic rings. The first-order valence-corrected chi connectivity index (χ1v) is 10.5. The third-order valence-electron chi connectivity index (χ3n) is 5.56. The van der Waals surface area contributed by atoms with Crippen molar-refractivity contribution in [1.82, 2.24) is 10.2 Å². The number of carbonyl (C=O) groups excluding carboxylic acids is 2. The number of piperidine rings is 1. The van der Waals surface area contributed by atoms with Crippen molar-refractivity contribution in [1.29, 1.82) is 0 Å². The summed E-state index contributed by atoms with van der Waals surface area (Å²) in [4.78, 5) is 27.2. The highest BCUT2D eigenvalue weighted by Gasteiger charge is 2.28. The minimum absolute atomic E-state index is 0.0338. The highest BCUT2D eigenvalue weighted by molar-refractivity contribution is 6.31. The molecule has 0 atom stereocenters. The predicted molar refractivity (Wildman–Crippen MR) is 117 cm³/mol. The van der Waals surface area contributed by atoms with Crippen LogP contribution in [-0.2, 0) is 16.8 Å². The molecule has 1 fully saturated rings. The van der Waals surface area contributed by atoms with Gasteiger partial charge in [0, 0.05) is 36.1 Å². The van der Waals surface area contributed by atoms with Crippen LogP contribution in [0.25, 0.3) is 0 Å². The lowest BCUT2D eigenvalue weighted by molar-refractivity contribution is -0.126. The van der Waals surface area contributed by atoms with E-state index in [1.54, 1.807) is 0 Å². The summed E-state index contributed by atoms with van der Waals surface area (Å²) in [5.74, 6) is 0.0109. The number of nitrogens with zero attached hydrogens (tertiary/aromatic N) is 1. The zero-order chi connectivity index (χ0) is 21.0. The maximum Gasteiger partial charge on any atom is 0.253 e. The van der Waals surface area contributed by atoms with Gasteiger partial charge in [0.05, 0.1) is 0 Å². The van der Waals surface area contributed by atoms with Gasteiger partial charge in [-0.1, -0.05) is 62.7 Å². The molecule has 1 heterocycles. The van der Waals surface area contributed by atoms with Crippen LogP contribution in [0.4, 0.5) is 0 Å². The van der Waals surface area contributed by atoms with Gasteiger partial charge in [-0.2, -0.15) is 0 Å². The Morgan fingerprint density at radius 2 is 1.66 bits per heavy atom. The van der Waals surface area contributed by atoms with E-state index in [1.807, 2.05) is 53.4 Å². The predicted octanol–water partition coefficient (Wildman–Crippen LogP) is 4.81. The Hall–Kier alpha value is -2.33. The molecular weight excluding hydrogens is 384 g/mol. The third-order valence-corrected chi connectivity index (χ3v) is 5.93. The quantitative estimate of drug-likeness (QED) is 0.783. The van der Waals surface area contributed by atoms with Crippen LogP contribution in [-0.4, -0.2) is 29.8 Å². The van der Waals surface area contributed by atoms with Gasteiger partial charge in [0.1, 0.15) is 0 Å². The average Bonchev–Trinajstić information content (AvgIpc) is 2.72.